The van der Waals surface area contributed by atoms with Crippen LogP contribution < -0.4 is 0 Å². The number of hydrogen-bond donors (Lipinski definition) is 0. The minimum atomic E-state index is 0.0100. The van der Waals surface area contributed by atoms with E-state index >= 15 is 0 Å². The molecule has 0 radical (unpaired) electrons. The molecule has 3 aliphatic rings. The normalized spacial score (nSPS) is 45.4. The number of Topliss-reactive ketones (excluding diaryl/α,β-unsaturated/α-hetero) is 1. The molecular weight excluding hydrogens is 200 g/mol. The van der Waals surface area contributed by atoms with E-state index in [9.17, 15) is 9.59 Å². The van der Waals surface area contributed by atoms with Crippen LogP contribution in [0.25, 0.3) is 0 Å². The van der Waals surface area contributed by atoms with Crippen molar-refractivity contribution in [3.05, 3.63) is 11.6 Å². The van der Waals surface area contributed by atoms with E-state index in [2.05, 4.69) is 13.0 Å². The highest BCUT2D eigenvalue weighted by molar-refractivity contribution is 5.90. The highest BCUT2D eigenvalue weighted by Crippen LogP contribution is 2.69. The van der Waals surface area contributed by atoms with Crippen LogP contribution in [0.15, 0.2) is 11.6 Å². The van der Waals surface area contributed by atoms with Crippen molar-refractivity contribution < 1.29 is 9.59 Å². The minimum Gasteiger partial charge on any atom is -0.303 e. The van der Waals surface area contributed by atoms with Gasteiger partial charge in [0.25, 0.3) is 0 Å². The molecule has 2 nitrogen and oxygen atoms in total. The second kappa shape index (κ2) is 3.28. The molecule has 0 amide bonds. The van der Waals surface area contributed by atoms with Crippen molar-refractivity contribution in [3.63, 3.8) is 0 Å². The second-order valence-electron chi connectivity index (χ2n) is 5.82. The molecule has 0 spiro atoms. The van der Waals surface area contributed by atoms with Crippen LogP contribution in [0.2, 0.25) is 0 Å². The SMILES string of the molecule is C[C@@]12CCC=C3CC[C@H](CC=O)C(=O)[C@@H]1[C@H]32. The molecule has 2 fully saturated rings. The van der Waals surface area contributed by atoms with E-state index in [4.69, 9.17) is 0 Å². The molecule has 0 aromatic heterocycles. The third-order valence-electron chi connectivity index (χ3n) is 5.01. The Morgan fingerprint density at radius 2 is 2.31 bits per heavy atom. The molecule has 0 aromatic carbocycles. The molecule has 0 unspecified atom stereocenters. The average Bonchev–Trinajstić information content (AvgIpc) is 2.92. The molecule has 0 bridgehead atoms. The fraction of sp³-hybridized carbons (Fsp3) is 0.714. The first-order valence-electron chi connectivity index (χ1n) is 6.35. The van der Waals surface area contributed by atoms with Gasteiger partial charge in [-0.2, -0.15) is 0 Å². The van der Waals surface area contributed by atoms with Crippen molar-refractivity contribution >= 4 is 12.1 Å². The number of carbonyl (C=O) groups excluding carboxylic acids is 2. The fourth-order valence-electron chi connectivity index (χ4n) is 4.04. The Hall–Kier alpha value is -0.920. The van der Waals surface area contributed by atoms with E-state index < -0.39 is 0 Å². The lowest BCUT2D eigenvalue weighted by Crippen LogP contribution is -2.20. The van der Waals surface area contributed by atoms with Gasteiger partial charge in [0.05, 0.1) is 0 Å². The van der Waals surface area contributed by atoms with Crippen molar-refractivity contribution in [1.82, 2.24) is 0 Å². The second-order valence-corrected chi connectivity index (χ2v) is 5.82. The van der Waals surface area contributed by atoms with Gasteiger partial charge in [-0.3, -0.25) is 4.79 Å². The minimum absolute atomic E-state index is 0.0100. The monoisotopic (exact) mass is 218 g/mol. The van der Waals surface area contributed by atoms with Gasteiger partial charge in [-0.15, -0.1) is 0 Å². The summed E-state index contributed by atoms with van der Waals surface area (Å²) in [6.45, 7) is 2.26. The fourth-order valence-corrected chi connectivity index (χ4v) is 4.04. The molecule has 3 aliphatic carbocycles. The topological polar surface area (TPSA) is 34.1 Å². The van der Waals surface area contributed by atoms with Crippen LogP contribution in [0, 0.1) is 23.2 Å². The van der Waals surface area contributed by atoms with Gasteiger partial charge in [-0.25, -0.2) is 0 Å². The Bertz CT molecular complexity index is 382. The van der Waals surface area contributed by atoms with Crippen LogP contribution in [0.1, 0.15) is 39.0 Å². The number of carbonyl (C=O) groups is 2. The Morgan fingerprint density at radius 3 is 3.06 bits per heavy atom. The van der Waals surface area contributed by atoms with Crippen molar-refractivity contribution in [2.75, 3.05) is 0 Å². The summed E-state index contributed by atoms with van der Waals surface area (Å²) in [5.74, 6) is 1.17. The van der Waals surface area contributed by atoms with Crippen molar-refractivity contribution in [2.24, 2.45) is 23.2 Å². The molecular formula is C14H18O2. The zero-order valence-corrected chi connectivity index (χ0v) is 9.74. The maximum absolute atomic E-state index is 12.3. The molecule has 2 saturated carbocycles. The molecule has 0 aromatic rings. The van der Waals surface area contributed by atoms with Gasteiger partial charge < -0.3 is 4.79 Å². The van der Waals surface area contributed by atoms with Gasteiger partial charge >= 0.3 is 0 Å². The van der Waals surface area contributed by atoms with Crippen molar-refractivity contribution in [2.45, 2.75) is 39.0 Å². The summed E-state index contributed by atoms with van der Waals surface area (Å²) in [5.41, 5.74) is 1.77. The average molecular weight is 218 g/mol. The zero-order chi connectivity index (χ0) is 11.3. The van der Waals surface area contributed by atoms with Crippen molar-refractivity contribution in [3.8, 4) is 0 Å². The first-order chi connectivity index (χ1) is 7.68. The summed E-state index contributed by atoms with van der Waals surface area (Å²) < 4.78 is 0. The number of fused-ring (bicyclic) bond motifs is 1. The van der Waals surface area contributed by atoms with E-state index in [0.717, 1.165) is 32.0 Å². The molecule has 2 heteroatoms. The van der Waals surface area contributed by atoms with Gasteiger partial charge in [0.1, 0.15) is 12.1 Å². The Labute approximate surface area is 96.1 Å². The number of rotatable bonds is 2. The van der Waals surface area contributed by atoms with Crippen LogP contribution in [0.3, 0.4) is 0 Å². The summed E-state index contributed by atoms with van der Waals surface area (Å²) in [5, 5.41) is 0. The number of allylic oxidation sites excluding steroid dienone is 2. The summed E-state index contributed by atoms with van der Waals surface area (Å²) >= 11 is 0. The molecule has 16 heavy (non-hydrogen) atoms. The van der Waals surface area contributed by atoms with Gasteiger partial charge in [-0.1, -0.05) is 18.6 Å². The predicted molar refractivity (Wildman–Crippen MR) is 60.8 cm³/mol. The number of hydrogen-bond acceptors (Lipinski definition) is 2. The molecule has 0 saturated heterocycles. The summed E-state index contributed by atoms with van der Waals surface area (Å²) in [4.78, 5) is 22.9. The number of ketones is 1. The highest BCUT2D eigenvalue weighted by Gasteiger charge is 2.67. The van der Waals surface area contributed by atoms with E-state index in [1.807, 2.05) is 0 Å². The molecule has 3 rings (SSSR count). The van der Waals surface area contributed by atoms with E-state index in [-0.39, 0.29) is 17.3 Å². The van der Waals surface area contributed by atoms with Crippen LogP contribution in [-0.2, 0) is 9.59 Å². The molecule has 0 heterocycles. The van der Waals surface area contributed by atoms with Crippen LogP contribution >= 0.6 is 0 Å². The van der Waals surface area contributed by atoms with Crippen LogP contribution in [0.5, 0.6) is 0 Å². The van der Waals surface area contributed by atoms with Crippen LogP contribution in [-0.4, -0.2) is 12.1 Å². The maximum Gasteiger partial charge on any atom is 0.140 e. The van der Waals surface area contributed by atoms with E-state index in [1.54, 1.807) is 0 Å². The first-order valence-corrected chi connectivity index (χ1v) is 6.35. The van der Waals surface area contributed by atoms with E-state index in [0.29, 0.717) is 18.1 Å². The lowest BCUT2D eigenvalue weighted by molar-refractivity contribution is -0.126. The smallest absolute Gasteiger partial charge is 0.140 e. The Kier molecular flexibility index (Phi) is 2.10. The predicted octanol–water partition coefficient (Wildman–Crippen LogP) is 2.53. The molecule has 4 atom stereocenters. The summed E-state index contributed by atoms with van der Waals surface area (Å²) in [6, 6.07) is 0. The lowest BCUT2D eigenvalue weighted by atomic mass is 9.83. The van der Waals surface area contributed by atoms with Crippen LogP contribution in [0.4, 0.5) is 0 Å². The number of aldehydes is 1. The molecule has 86 valence electrons. The van der Waals surface area contributed by atoms with Gasteiger partial charge in [0.15, 0.2) is 0 Å². The zero-order valence-electron chi connectivity index (χ0n) is 9.74. The van der Waals surface area contributed by atoms with Gasteiger partial charge in [-0.05, 0) is 37.0 Å². The highest BCUT2D eigenvalue weighted by atomic mass is 16.1. The third-order valence-corrected chi connectivity index (χ3v) is 5.01. The standard InChI is InChI=1S/C14H18O2/c1-14-7-2-3-9-4-5-10(6-8-15)13(16)12(14)11(9)14/h3,8,10-12H,2,4-7H2,1H3/t10-,11+,12+,14+/m1/s1. The first kappa shape index (κ1) is 10.2. The quantitative estimate of drug-likeness (QED) is 0.527. The maximum atomic E-state index is 12.3. The van der Waals surface area contributed by atoms with Gasteiger partial charge in [0.2, 0.25) is 0 Å². The van der Waals surface area contributed by atoms with Crippen molar-refractivity contribution in [1.29, 1.82) is 0 Å². The van der Waals surface area contributed by atoms with Gasteiger partial charge in [0, 0.05) is 18.3 Å². The lowest BCUT2D eigenvalue weighted by Gasteiger charge is -2.21. The Balaban J connectivity index is 1.92. The molecule has 0 N–H and O–H groups in total. The Morgan fingerprint density at radius 1 is 1.50 bits per heavy atom. The summed E-state index contributed by atoms with van der Waals surface area (Å²) in [7, 11) is 0. The molecule has 0 aliphatic heterocycles. The van der Waals surface area contributed by atoms with E-state index in [1.165, 1.54) is 5.57 Å². The largest absolute Gasteiger partial charge is 0.303 e. The third kappa shape index (κ3) is 1.19. The summed E-state index contributed by atoms with van der Waals surface area (Å²) in [6.07, 6.45) is 7.94.